The van der Waals surface area contributed by atoms with Gasteiger partial charge in [-0.3, -0.25) is 4.68 Å². The molecular formula is C23H24N4. The zero-order chi connectivity index (χ0) is 18.5. The van der Waals surface area contributed by atoms with Crippen LogP contribution in [-0.2, 0) is 20.0 Å². The van der Waals surface area contributed by atoms with E-state index in [1.54, 1.807) is 0 Å². The molecule has 0 radical (unpaired) electrons. The topological polar surface area (TPSA) is 26.0 Å². The van der Waals surface area contributed by atoms with Crippen LogP contribution in [-0.4, -0.2) is 32.8 Å². The zero-order valence-corrected chi connectivity index (χ0v) is 16.1. The molecule has 0 saturated carbocycles. The highest BCUT2D eigenvalue weighted by Crippen LogP contribution is 2.36. The Kier molecular flexibility index (Phi) is 3.69. The van der Waals surface area contributed by atoms with Crippen LogP contribution in [0.4, 0.5) is 0 Å². The summed E-state index contributed by atoms with van der Waals surface area (Å²) in [5.74, 6) is 0. The molecule has 0 atom stereocenters. The number of hydrogen-bond donors (Lipinski definition) is 0. The van der Waals surface area contributed by atoms with Gasteiger partial charge in [-0.1, -0.05) is 29.8 Å². The second-order valence-corrected chi connectivity index (χ2v) is 7.63. The van der Waals surface area contributed by atoms with Gasteiger partial charge in [0.1, 0.15) is 0 Å². The van der Waals surface area contributed by atoms with Gasteiger partial charge in [0.25, 0.3) is 0 Å². The molecule has 2 aromatic heterocycles. The summed E-state index contributed by atoms with van der Waals surface area (Å²) < 4.78 is 4.44. The number of benzene rings is 2. The van der Waals surface area contributed by atoms with E-state index in [1.165, 1.54) is 39.0 Å². The van der Waals surface area contributed by atoms with E-state index in [-0.39, 0.29) is 0 Å². The van der Waals surface area contributed by atoms with Crippen LogP contribution in [0.2, 0.25) is 0 Å². The maximum atomic E-state index is 4.39. The Morgan fingerprint density at radius 2 is 1.85 bits per heavy atom. The molecule has 1 aliphatic heterocycles. The summed E-state index contributed by atoms with van der Waals surface area (Å²) in [6, 6.07) is 17.6. The average molecular weight is 356 g/mol. The molecule has 136 valence electrons. The summed E-state index contributed by atoms with van der Waals surface area (Å²) in [6.07, 6.45) is 2.94. The standard InChI is InChI=1S/C23H24N4/c1-16-8-9-22-18(14-16)19-15-25(2)13-11-23(19)27(22)21-7-5-4-6-17(21)20-10-12-24-26(20)3/h4-10,12,14H,11,13,15H2,1-3H3. The lowest BCUT2D eigenvalue weighted by Crippen LogP contribution is -2.27. The molecule has 0 bridgehead atoms. The quantitative estimate of drug-likeness (QED) is 0.534. The minimum absolute atomic E-state index is 1.01. The molecule has 1 aliphatic rings. The third-order valence-corrected chi connectivity index (χ3v) is 5.74. The van der Waals surface area contributed by atoms with Crippen molar-refractivity contribution in [3.05, 3.63) is 71.5 Å². The van der Waals surface area contributed by atoms with E-state index in [1.807, 2.05) is 17.9 Å². The number of fused-ring (bicyclic) bond motifs is 3. The fourth-order valence-electron chi connectivity index (χ4n) is 4.41. The normalized spacial score (nSPS) is 14.6. The maximum absolute atomic E-state index is 4.39. The molecular weight excluding hydrogens is 332 g/mol. The highest BCUT2D eigenvalue weighted by Gasteiger charge is 2.24. The Bertz CT molecular complexity index is 1150. The van der Waals surface area contributed by atoms with Crippen molar-refractivity contribution in [3.63, 3.8) is 0 Å². The SMILES string of the molecule is Cc1ccc2c(c1)c1c(n2-c2ccccc2-c2ccnn2C)CCN(C)C1. The predicted molar refractivity (Wildman–Crippen MR) is 110 cm³/mol. The number of para-hydroxylation sites is 1. The molecule has 0 N–H and O–H groups in total. The van der Waals surface area contributed by atoms with E-state index < -0.39 is 0 Å². The Labute approximate surface area is 159 Å². The third kappa shape index (κ3) is 2.52. The number of aromatic nitrogens is 3. The molecule has 4 nitrogen and oxygen atoms in total. The zero-order valence-electron chi connectivity index (χ0n) is 16.1. The first-order valence-electron chi connectivity index (χ1n) is 9.52. The van der Waals surface area contributed by atoms with Gasteiger partial charge in [-0.05, 0) is 43.8 Å². The van der Waals surface area contributed by atoms with Gasteiger partial charge in [0.15, 0.2) is 0 Å². The predicted octanol–water partition coefficient (Wildman–Crippen LogP) is 4.33. The van der Waals surface area contributed by atoms with Crippen molar-refractivity contribution in [2.75, 3.05) is 13.6 Å². The fourth-order valence-corrected chi connectivity index (χ4v) is 4.41. The third-order valence-electron chi connectivity index (χ3n) is 5.74. The Morgan fingerprint density at radius 1 is 1.00 bits per heavy atom. The van der Waals surface area contributed by atoms with E-state index in [0.29, 0.717) is 0 Å². The Hall–Kier alpha value is -2.85. The highest BCUT2D eigenvalue weighted by molar-refractivity contribution is 5.89. The molecule has 0 amide bonds. The molecule has 0 unspecified atom stereocenters. The molecule has 0 aliphatic carbocycles. The summed E-state index contributed by atoms with van der Waals surface area (Å²) >= 11 is 0. The molecule has 0 spiro atoms. The first-order valence-corrected chi connectivity index (χ1v) is 9.52. The van der Waals surface area contributed by atoms with Crippen LogP contribution in [0.15, 0.2) is 54.7 Å². The van der Waals surface area contributed by atoms with Gasteiger partial charge in [0.2, 0.25) is 0 Å². The number of likely N-dealkylation sites (N-methyl/N-ethyl adjacent to an activating group) is 1. The van der Waals surface area contributed by atoms with Gasteiger partial charge in [-0.25, -0.2) is 0 Å². The van der Waals surface area contributed by atoms with E-state index in [2.05, 4.69) is 77.1 Å². The van der Waals surface area contributed by atoms with Gasteiger partial charge in [-0.15, -0.1) is 0 Å². The summed E-state index contributed by atoms with van der Waals surface area (Å²) in [4.78, 5) is 2.42. The molecule has 4 aromatic rings. The monoisotopic (exact) mass is 356 g/mol. The number of hydrogen-bond acceptors (Lipinski definition) is 2. The van der Waals surface area contributed by atoms with E-state index >= 15 is 0 Å². The number of nitrogens with zero attached hydrogens (tertiary/aromatic N) is 4. The van der Waals surface area contributed by atoms with Crippen LogP contribution in [0.25, 0.3) is 27.8 Å². The second-order valence-electron chi connectivity index (χ2n) is 7.63. The molecule has 5 rings (SSSR count). The second kappa shape index (κ2) is 6.10. The van der Waals surface area contributed by atoms with Crippen molar-refractivity contribution in [1.82, 2.24) is 19.2 Å². The van der Waals surface area contributed by atoms with Crippen LogP contribution >= 0.6 is 0 Å². The Morgan fingerprint density at radius 3 is 2.67 bits per heavy atom. The molecule has 27 heavy (non-hydrogen) atoms. The van der Waals surface area contributed by atoms with Crippen molar-refractivity contribution >= 4 is 10.9 Å². The van der Waals surface area contributed by atoms with E-state index in [4.69, 9.17) is 0 Å². The first kappa shape index (κ1) is 16.3. The first-order chi connectivity index (χ1) is 13.1. The number of rotatable bonds is 2. The minimum atomic E-state index is 1.01. The van der Waals surface area contributed by atoms with Crippen molar-refractivity contribution in [3.8, 4) is 16.9 Å². The summed E-state index contributed by atoms with van der Waals surface area (Å²) in [6.45, 7) is 4.28. The lowest BCUT2D eigenvalue weighted by molar-refractivity contribution is 0.311. The van der Waals surface area contributed by atoms with Crippen LogP contribution in [0.1, 0.15) is 16.8 Å². The average Bonchev–Trinajstić information content (AvgIpc) is 3.22. The summed E-state index contributed by atoms with van der Waals surface area (Å²) in [5, 5.41) is 5.77. The van der Waals surface area contributed by atoms with Crippen molar-refractivity contribution in [2.45, 2.75) is 19.9 Å². The Balaban J connectivity index is 1.84. The largest absolute Gasteiger partial charge is 0.313 e. The molecule has 0 fully saturated rings. The van der Waals surface area contributed by atoms with Crippen LogP contribution < -0.4 is 0 Å². The summed E-state index contributed by atoms with van der Waals surface area (Å²) in [7, 11) is 4.22. The lowest BCUT2D eigenvalue weighted by Gasteiger charge is -2.25. The van der Waals surface area contributed by atoms with Crippen molar-refractivity contribution in [2.24, 2.45) is 7.05 Å². The van der Waals surface area contributed by atoms with Crippen molar-refractivity contribution < 1.29 is 0 Å². The fraction of sp³-hybridized carbons (Fsp3) is 0.261. The lowest BCUT2D eigenvalue weighted by atomic mass is 10.0. The highest BCUT2D eigenvalue weighted by atomic mass is 15.3. The molecule has 0 saturated heterocycles. The van der Waals surface area contributed by atoms with Gasteiger partial charge >= 0.3 is 0 Å². The van der Waals surface area contributed by atoms with Crippen LogP contribution in [0.5, 0.6) is 0 Å². The van der Waals surface area contributed by atoms with Gasteiger partial charge in [0, 0.05) is 49.4 Å². The van der Waals surface area contributed by atoms with Gasteiger partial charge < -0.3 is 9.47 Å². The van der Waals surface area contributed by atoms with Crippen LogP contribution in [0.3, 0.4) is 0 Å². The maximum Gasteiger partial charge on any atom is 0.0699 e. The minimum Gasteiger partial charge on any atom is -0.313 e. The summed E-state index contributed by atoms with van der Waals surface area (Å²) in [5.41, 5.74) is 9.13. The van der Waals surface area contributed by atoms with E-state index in [9.17, 15) is 0 Å². The van der Waals surface area contributed by atoms with E-state index in [0.717, 1.165) is 25.2 Å². The molecule has 2 aromatic carbocycles. The van der Waals surface area contributed by atoms with Crippen molar-refractivity contribution in [1.29, 1.82) is 0 Å². The number of aryl methyl sites for hydroxylation is 2. The van der Waals surface area contributed by atoms with Gasteiger partial charge in [0.05, 0.1) is 16.9 Å². The smallest absolute Gasteiger partial charge is 0.0699 e. The molecule has 4 heteroatoms. The van der Waals surface area contributed by atoms with Gasteiger partial charge in [-0.2, -0.15) is 5.10 Å². The molecule has 3 heterocycles. The van der Waals surface area contributed by atoms with Crippen LogP contribution in [0, 0.1) is 6.92 Å².